The predicted molar refractivity (Wildman–Crippen MR) is 261 cm³/mol. The van der Waals surface area contributed by atoms with E-state index in [1.165, 1.54) is 99.6 Å². The average Bonchev–Trinajstić information content (AvgIpc) is 3.85. The lowest BCUT2D eigenvalue weighted by molar-refractivity contribution is 0.632. The molecule has 5 heterocycles. The first-order chi connectivity index (χ1) is 30.6. The number of aromatic nitrogens is 2. The molecule has 14 rings (SSSR count). The third-order valence-corrected chi connectivity index (χ3v) is 14.2. The molecule has 0 bridgehead atoms. The smallest absolute Gasteiger partial charge is 0.252 e. The Morgan fingerprint density at radius 1 is 0.371 bits per heavy atom. The van der Waals surface area contributed by atoms with Gasteiger partial charge in [-0.2, -0.15) is 0 Å². The van der Waals surface area contributed by atoms with Gasteiger partial charge in [-0.05, 0) is 94.2 Å². The fourth-order valence-electron chi connectivity index (χ4n) is 11.7. The molecule has 3 aliphatic rings. The number of rotatable bonds is 3. The van der Waals surface area contributed by atoms with Crippen LogP contribution in [-0.4, -0.2) is 15.8 Å². The van der Waals surface area contributed by atoms with E-state index in [4.69, 9.17) is 0 Å². The highest BCUT2D eigenvalue weighted by Crippen LogP contribution is 2.54. The first kappa shape index (κ1) is 34.0. The van der Waals surface area contributed by atoms with Gasteiger partial charge in [0.15, 0.2) is 0 Å². The molecule has 0 saturated heterocycles. The molecule has 5 heteroatoms. The zero-order valence-corrected chi connectivity index (χ0v) is 34.4. The fourth-order valence-corrected chi connectivity index (χ4v) is 11.7. The molecule has 3 aliphatic heterocycles. The topological polar surface area (TPSA) is 16.3 Å². The van der Waals surface area contributed by atoms with Crippen molar-refractivity contribution < 1.29 is 0 Å². The fraction of sp³-hybridized carbons (Fsp3) is 0.0526. The van der Waals surface area contributed by atoms with Crippen LogP contribution in [0.25, 0.3) is 55.0 Å². The van der Waals surface area contributed by atoms with Gasteiger partial charge in [0.1, 0.15) is 0 Å². The van der Waals surface area contributed by atoms with E-state index in [0.717, 1.165) is 17.1 Å². The molecule has 0 unspecified atom stereocenters. The molecule has 0 spiro atoms. The minimum Gasteiger partial charge on any atom is -0.311 e. The molecule has 4 nitrogen and oxygen atoms in total. The molecule has 62 heavy (non-hydrogen) atoms. The van der Waals surface area contributed by atoms with E-state index in [1.54, 1.807) is 0 Å². The van der Waals surface area contributed by atoms with Crippen LogP contribution in [0.3, 0.4) is 0 Å². The van der Waals surface area contributed by atoms with E-state index >= 15 is 0 Å². The summed E-state index contributed by atoms with van der Waals surface area (Å²) >= 11 is 0. The van der Waals surface area contributed by atoms with Crippen molar-refractivity contribution in [3.05, 3.63) is 211 Å². The number of hydrogen-bond acceptors (Lipinski definition) is 2. The van der Waals surface area contributed by atoms with Crippen LogP contribution in [0.4, 0.5) is 34.1 Å². The van der Waals surface area contributed by atoms with Crippen molar-refractivity contribution >= 4 is 101 Å². The SMILES string of the molecule is CC1(C)c2ccccc2N(c2cc3c4c(c2)-n2c5c(cccc5c5ccc6c(c7ccccc7n6-c6ccccc6)c52)B4c2ccccc2N3c2ccccc2)c2ccccc21. The number of benzene rings is 9. The Labute approximate surface area is 360 Å². The molecule has 290 valence electrons. The molecule has 0 saturated carbocycles. The van der Waals surface area contributed by atoms with Crippen LogP contribution in [0.1, 0.15) is 25.0 Å². The summed E-state index contributed by atoms with van der Waals surface area (Å²) in [6.07, 6.45) is 0. The number of hydrogen-bond donors (Lipinski definition) is 0. The van der Waals surface area contributed by atoms with Crippen LogP contribution in [0.15, 0.2) is 200 Å². The van der Waals surface area contributed by atoms with Crippen LogP contribution in [0, 0.1) is 0 Å². The molecule has 2 aromatic heterocycles. The number of para-hydroxylation sites is 7. The van der Waals surface area contributed by atoms with Crippen LogP contribution in [-0.2, 0) is 5.41 Å². The largest absolute Gasteiger partial charge is 0.311 e. The Kier molecular flexibility index (Phi) is 6.68. The summed E-state index contributed by atoms with van der Waals surface area (Å²) in [5.41, 5.74) is 20.9. The zero-order valence-electron chi connectivity index (χ0n) is 34.4. The molecular formula is C57H39BN4. The predicted octanol–water partition coefficient (Wildman–Crippen LogP) is 12.6. The monoisotopic (exact) mass is 790 g/mol. The molecular weight excluding hydrogens is 751 g/mol. The maximum absolute atomic E-state index is 2.66. The number of anilines is 6. The van der Waals surface area contributed by atoms with Crippen molar-refractivity contribution in [2.75, 3.05) is 9.80 Å². The lowest BCUT2D eigenvalue weighted by Gasteiger charge is -2.44. The molecule has 0 radical (unpaired) electrons. The second kappa shape index (κ2) is 12.2. The van der Waals surface area contributed by atoms with Crippen LogP contribution in [0.5, 0.6) is 0 Å². The lowest BCUT2D eigenvalue weighted by atomic mass is 9.34. The molecule has 0 fully saturated rings. The molecule has 0 atom stereocenters. The Morgan fingerprint density at radius 2 is 0.935 bits per heavy atom. The van der Waals surface area contributed by atoms with Gasteiger partial charge >= 0.3 is 0 Å². The highest BCUT2D eigenvalue weighted by Gasteiger charge is 2.44. The van der Waals surface area contributed by atoms with Gasteiger partial charge in [0.05, 0.1) is 33.6 Å². The van der Waals surface area contributed by atoms with Gasteiger partial charge in [0.2, 0.25) is 0 Å². The molecule has 0 amide bonds. The lowest BCUT2D eigenvalue weighted by Crippen LogP contribution is -2.60. The third kappa shape index (κ3) is 4.27. The zero-order chi connectivity index (χ0) is 40.8. The van der Waals surface area contributed by atoms with Gasteiger partial charge in [-0.25, -0.2) is 0 Å². The Balaban J connectivity index is 1.18. The van der Waals surface area contributed by atoms with Gasteiger partial charge < -0.3 is 18.9 Å². The van der Waals surface area contributed by atoms with Crippen molar-refractivity contribution in [2.45, 2.75) is 19.3 Å². The molecule has 9 aromatic carbocycles. The highest BCUT2D eigenvalue weighted by atomic mass is 15.2. The van der Waals surface area contributed by atoms with Gasteiger partial charge in [-0.15, -0.1) is 0 Å². The quantitative estimate of drug-likeness (QED) is 0.166. The Hall–Kier alpha value is -7.76. The molecule has 0 N–H and O–H groups in total. The summed E-state index contributed by atoms with van der Waals surface area (Å²) < 4.78 is 5.11. The first-order valence-corrected chi connectivity index (χ1v) is 21.7. The van der Waals surface area contributed by atoms with Crippen LogP contribution >= 0.6 is 0 Å². The van der Waals surface area contributed by atoms with Crippen LogP contribution < -0.4 is 26.2 Å². The van der Waals surface area contributed by atoms with Crippen molar-refractivity contribution in [3.8, 4) is 11.4 Å². The minimum absolute atomic E-state index is 0.0340. The van der Waals surface area contributed by atoms with E-state index < -0.39 is 0 Å². The van der Waals surface area contributed by atoms with E-state index in [-0.39, 0.29) is 12.1 Å². The summed E-state index contributed by atoms with van der Waals surface area (Å²) in [7, 11) is 0. The number of fused-ring (bicyclic) bond motifs is 13. The summed E-state index contributed by atoms with van der Waals surface area (Å²) in [5, 5.41) is 5.08. The molecule has 0 aliphatic carbocycles. The summed E-state index contributed by atoms with van der Waals surface area (Å²) in [4.78, 5) is 5.05. The van der Waals surface area contributed by atoms with E-state index in [9.17, 15) is 0 Å². The second-order valence-corrected chi connectivity index (χ2v) is 17.7. The minimum atomic E-state index is -0.174. The van der Waals surface area contributed by atoms with Crippen molar-refractivity contribution in [3.63, 3.8) is 0 Å². The van der Waals surface area contributed by atoms with Crippen molar-refractivity contribution in [1.29, 1.82) is 0 Å². The average molecular weight is 791 g/mol. The summed E-state index contributed by atoms with van der Waals surface area (Å²) in [6.45, 7) is 4.77. The van der Waals surface area contributed by atoms with Crippen LogP contribution in [0.2, 0.25) is 0 Å². The van der Waals surface area contributed by atoms with E-state index in [1.807, 2.05) is 0 Å². The van der Waals surface area contributed by atoms with Gasteiger partial charge in [-0.1, -0.05) is 147 Å². The van der Waals surface area contributed by atoms with Gasteiger partial charge in [-0.3, -0.25) is 0 Å². The normalized spacial score (nSPS) is 14.3. The Morgan fingerprint density at radius 3 is 1.69 bits per heavy atom. The molecule has 11 aromatic rings. The highest BCUT2D eigenvalue weighted by molar-refractivity contribution is 7.00. The van der Waals surface area contributed by atoms with E-state index in [0.29, 0.717) is 0 Å². The number of nitrogens with zero attached hydrogens (tertiary/aromatic N) is 4. The first-order valence-electron chi connectivity index (χ1n) is 21.7. The second-order valence-electron chi connectivity index (χ2n) is 17.7. The van der Waals surface area contributed by atoms with Gasteiger partial charge in [0, 0.05) is 60.9 Å². The maximum Gasteiger partial charge on any atom is 0.252 e. The Bertz CT molecular complexity index is 3640. The van der Waals surface area contributed by atoms with E-state index in [2.05, 4.69) is 233 Å². The summed E-state index contributed by atoms with van der Waals surface area (Å²) in [6, 6.07) is 74.6. The standard InChI is InChI=1S/C57H39BN4/c1-57(2)42-24-10-14-29-47(42)61(48-30-15-11-25-43(48)57)38-34-51-54-52(35-38)62-55-39(23-17-27-45(55)58(54)44-26-12-16-31-49(44)60(51)37-20-7-4-8-21-37)40-32-33-50-53(56(40)62)41-22-9-13-28-46(41)59(50)36-18-5-3-6-19-36/h3-35H,1-2H3. The van der Waals surface area contributed by atoms with Crippen molar-refractivity contribution in [1.82, 2.24) is 9.13 Å². The summed E-state index contributed by atoms with van der Waals surface area (Å²) in [5.74, 6) is 0. The van der Waals surface area contributed by atoms with Crippen molar-refractivity contribution in [2.24, 2.45) is 0 Å². The third-order valence-electron chi connectivity index (χ3n) is 14.2. The maximum atomic E-state index is 2.66. The van der Waals surface area contributed by atoms with Gasteiger partial charge in [0.25, 0.3) is 6.71 Å².